The molecule has 3 aliphatic rings. The molecule has 8 amide bonds. The number of rotatable bonds is 7. The molecule has 8 N–H and O–H groups in total. The summed E-state index contributed by atoms with van der Waals surface area (Å²) in [5, 5.41) is 37.3. The van der Waals surface area contributed by atoms with E-state index in [2.05, 4.69) is 31.9 Å². The Morgan fingerprint density at radius 1 is 0.491 bits per heavy atom. The number of aliphatic hydroxyl groups excluding tert-OH is 2. The largest absolute Gasteiger partial charge is 0.391 e. The van der Waals surface area contributed by atoms with Gasteiger partial charge in [-0.2, -0.15) is 0 Å². The van der Waals surface area contributed by atoms with E-state index in [1.165, 1.54) is 47.2 Å². The molecule has 0 aromatic carbocycles. The zero-order valence-electron chi connectivity index (χ0n) is 34.5. The lowest BCUT2D eigenvalue weighted by Crippen LogP contribution is -2.64. The van der Waals surface area contributed by atoms with Crippen LogP contribution in [0.1, 0.15) is 75.7 Å². The highest BCUT2D eigenvalue weighted by Gasteiger charge is 2.44. The Morgan fingerprint density at radius 2 is 0.789 bits per heavy atom. The molecular formula is C37H62N8O10S2. The van der Waals surface area contributed by atoms with Gasteiger partial charge in [0.25, 0.3) is 0 Å². The number of carbonyl (C=O) groups is 8. The van der Waals surface area contributed by atoms with Gasteiger partial charge in [0.05, 0.1) is 24.0 Å². The Kier molecular flexibility index (Phi) is 17.5. The Morgan fingerprint density at radius 3 is 1.12 bits per heavy atom. The van der Waals surface area contributed by atoms with Crippen molar-refractivity contribution in [3.05, 3.63) is 0 Å². The molecule has 0 radical (unpaired) electrons. The molecule has 0 aliphatic carbocycles. The summed E-state index contributed by atoms with van der Waals surface area (Å²) in [5.41, 5.74) is 0. The number of thioether (sulfide) groups is 2. The molecule has 20 heteroatoms. The van der Waals surface area contributed by atoms with Gasteiger partial charge in [0.2, 0.25) is 47.3 Å². The number of nitrogens with one attached hydrogen (secondary N) is 6. The van der Waals surface area contributed by atoms with E-state index in [4.69, 9.17) is 0 Å². The Labute approximate surface area is 343 Å². The van der Waals surface area contributed by atoms with E-state index < -0.39 is 131 Å². The maximum Gasteiger partial charge on any atom is 0.246 e. The lowest BCUT2D eigenvalue weighted by molar-refractivity contribution is -0.145. The van der Waals surface area contributed by atoms with Crippen LogP contribution in [0.5, 0.6) is 0 Å². The molecule has 18 nitrogen and oxygen atoms in total. The highest BCUT2D eigenvalue weighted by atomic mass is 32.2. The van der Waals surface area contributed by atoms with Gasteiger partial charge in [0, 0.05) is 11.5 Å². The first-order valence-electron chi connectivity index (χ1n) is 19.6. The normalized spacial score (nSPS) is 31.1. The van der Waals surface area contributed by atoms with Crippen LogP contribution in [0.4, 0.5) is 0 Å². The molecule has 3 rings (SSSR count). The molecular weight excluding hydrogens is 781 g/mol. The van der Waals surface area contributed by atoms with Crippen molar-refractivity contribution in [2.45, 2.75) is 136 Å². The summed E-state index contributed by atoms with van der Waals surface area (Å²) in [6.07, 6.45) is -2.43. The van der Waals surface area contributed by atoms with E-state index >= 15 is 0 Å². The van der Waals surface area contributed by atoms with E-state index in [1.54, 1.807) is 55.4 Å². The minimum atomic E-state index is -1.54. The summed E-state index contributed by atoms with van der Waals surface area (Å²) in [4.78, 5) is 114. The van der Waals surface area contributed by atoms with E-state index in [9.17, 15) is 48.6 Å². The van der Waals surface area contributed by atoms with Crippen LogP contribution >= 0.6 is 23.5 Å². The van der Waals surface area contributed by atoms with Gasteiger partial charge in [-0.3, -0.25) is 38.4 Å². The van der Waals surface area contributed by atoms with Crippen LogP contribution in [-0.2, 0) is 38.4 Å². The molecule has 322 valence electrons. The lowest BCUT2D eigenvalue weighted by Gasteiger charge is -2.34. The van der Waals surface area contributed by atoms with Gasteiger partial charge in [-0.15, -0.1) is 23.5 Å². The molecule has 11 atom stereocenters. The fourth-order valence-electron chi connectivity index (χ4n) is 6.66. The number of fused-ring (bicyclic) bond motifs is 2. The zero-order valence-corrected chi connectivity index (χ0v) is 36.1. The fourth-order valence-corrected chi connectivity index (χ4v) is 8.98. The van der Waals surface area contributed by atoms with E-state index in [1.807, 2.05) is 0 Å². The van der Waals surface area contributed by atoms with Crippen molar-refractivity contribution in [2.24, 2.45) is 23.7 Å². The third-order valence-corrected chi connectivity index (χ3v) is 12.6. The van der Waals surface area contributed by atoms with Crippen LogP contribution < -0.4 is 31.9 Å². The van der Waals surface area contributed by atoms with E-state index in [0.29, 0.717) is 6.42 Å². The van der Waals surface area contributed by atoms with Crippen molar-refractivity contribution in [1.82, 2.24) is 41.7 Å². The van der Waals surface area contributed by atoms with Gasteiger partial charge in [-0.05, 0) is 37.5 Å². The molecule has 0 spiro atoms. The highest BCUT2D eigenvalue weighted by molar-refractivity contribution is 7.99. The average molecular weight is 843 g/mol. The Hall–Kier alpha value is -3.62. The van der Waals surface area contributed by atoms with Crippen LogP contribution in [0.2, 0.25) is 0 Å². The van der Waals surface area contributed by atoms with Crippen molar-refractivity contribution < 1.29 is 48.6 Å². The molecule has 3 fully saturated rings. The highest BCUT2D eigenvalue weighted by Crippen LogP contribution is 2.26. The number of amides is 8. The summed E-state index contributed by atoms with van der Waals surface area (Å²) in [6.45, 7) is 16.2. The number of nitrogens with zero attached hydrogens (tertiary/aromatic N) is 2. The summed E-state index contributed by atoms with van der Waals surface area (Å²) < 4.78 is 0. The average Bonchev–Trinajstić information content (AvgIpc) is 3.84. The lowest BCUT2D eigenvalue weighted by atomic mass is 9.96. The molecule has 3 aliphatic heterocycles. The van der Waals surface area contributed by atoms with Crippen molar-refractivity contribution in [1.29, 1.82) is 0 Å². The second-order valence-corrected chi connectivity index (χ2v) is 18.2. The van der Waals surface area contributed by atoms with Crippen LogP contribution in [0.3, 0.4) is 0 Å². The topological polar surface area (TPSA) is 256 Å². The number of hydrogen-bond donors (Lipinski definition) is 8. The Balaban J connectivity index is 2.11. The second kappa shape index (κ2) is 20.9. The molecule has 0 aromatic heterocycles. The molecule has 3 saturated heterocycles. The third-order valence-electron chi connectivity index (χ3n) is 10.6. The van der Waals surface area contributed by atoms with Gasteiger partial charge in [-0.1, -0.05) is 61.8 Å². The second-order valence-electron chi connectivity index (χ2n) is 16.2. The SMILES string of the molecule is CC[C@H](C)[C@@H]1NC(=O)[C@@H]2CSCN2C(=O)[C@@H](C(C)C)NC(=O)[C@H]([C@H](C)O)NC(=O)[C@H](C(C)C)NC(=O)[C@@H]2CSCN2C(=O)[C@@H](C(C)C)NC(=O)[C@H]([C@H](C)O)NC1=O. The maximum absolute atomic E-state index is 14.1. The summed E-state index contributed by atoms with van der Waals surface area (Å²) in [5.74, 6) is -7.21. The predicted molar refractivity (Wildman–Crippen MR) is 215 cm³/mol. The van der Waals surface area contributed by atoms with Gasteiger partial charge in [0.1, 0.15) is 48.3 Å². The summed E-state index contributed by atoms with van der Waals surface area (Å²) in [6, 6.07) is -9.96. The van der Waals surface area contributed by atoms with Crippen LogP contribution in [-0.4, -0.2) is 151 Å². The van der Waals surface area contributed by atoms with E-state index in [0.717, 1.165) is 0 Å². The van der Waals surface area contributed by atoms with Crippen molar-refractivity contribution in [3.63, 3.8) is 0 Å². The minimum Gasteiger partial charge on any atom is -0.391 e. The fraction of sp³-hybridized carbons (Fsp3) is 0.784. The quantitative estimate of drug-likeness (QED) is 0.146. The van der Waals surface area contributed by atoms with Crippen LogP contribution in [0, 0.1) is 23.7 Å². The van der Waals surface area contributed by atoms with E-state index in [-0.39, 0.29) is 23.3 Å². The molecule has 57 heavy (non-hydrogen) atoms. The standard InChI is InChI=1S/C37H62N8O10S2/c1-11-19(8)27-33(51)43-29(21(10)47)35(53)40-25(17(4)5)36(54)44-14-56-12-22(44)30(48)38-24(16(2)3)32(50)42-28(20(9)46)34(52)39-26(18(6)7)37(55)45-15-57-13-23(45)31(49)41-27/h16-29,46-47H,11-15H2,1-10H3,(H,38,48)(H,39,52)(H,40,53)(H,41,49)(H,42,50)(H,43,51)/t19-,20-,21-,22-,23-,24-,25+,26+,27-,28-,29-/m0/s1. The molecule has 0 aromatic rings. The van der Waals surface area contributed by atoms with Gasteiger partial charge < -0.3 is 51.9 Å². The van der Waals surface area contributed by atoms with Crippen LogP contribution in [0.15, 0.2) is 0 Å². The van der Waals surface area contributed by atoms with Gasteiger partial charge in [0.15, 0.2) is 0 Å². The first-order valence-corrected chi connectivity index (χ1v) is 21.9. The number of hydrogen-bond acceptors (Lipinski definition) is 12. The predicted octanol–water partition coefficient (Wildman–Crippen LogP) is -1.51. The van der Waals surface area contributed by atoms with Crippen molar-refractivity contribution in [2.75, 3.05) is 23.3 Å². The number of aliphatic hydroxyl groups is 2. The Bertz CT molecular complexity index is 1510. The van der Waals surface area contributed by atoms with Crippen molar-refractivity contribution in [3.8, 4) is 0 Å². The first-order chi connectivity index (χ1) is 26.6. The van der Waals surface area contributed by atoms with Crippen LogP contribution in [0.25, 0.3) is 0 Å². The molecule has 0 bridgehead atoms. The van der Waals surface area contributed by atoms with Crippen molar-refractivity contribution >= 4 is 70.8 Å². The summed E-state index contributed by atoms with van der Waals surface area (Å²) >= 11 is 2.59. The monoisotopic (exact) mass is 842 g/mol. The van der Waals surface area contributed by atoms with Gasteiger partial charge >= 0.3 is 0 Å². The summed E-state index contributed by atoms with van der Waals surface area (Å²) in [7, 11) is 0. The number of carbonyl (C=O) groups excluding carboxylic acids is 8. The third kappa shape index (κ3) is 11.7. The molecule has 3 heterocycles. The van der Waals surface area contributed by atoms with Gasteiger partial charge in [-0.25, -0.2) is 0 Å². The first kappa shape index (κ1) is 47.8. The smallest absolute Gasteiger partial charge is 0.246 e. The minimum absolute atomic E-state index is 0.0956. The zero-order chi connectivity index (χ0) is 43.0. The maximum atomic E-state index is 14.1. The molecule has 0 unspecified atom stereocenters. The molecule has 0 saturated carbocycles.